The van der Waals surface area contributed by atoms with E-state index in [0.717, 1.165) is 6.20 Å². The van der Waals surface area contributed by atoms with Crippen molar-refractivity contribution in [3.63, 3.8) is 0 Å². The number of halogens is 3. The second-order valence-electron chi connectivity index (χ2n) is 2.46. The summed E-state index contributed by atoms with van der Waals surface area (Å²) in [6.45, 7) is -0.0374. The molecular weight excluding hydrogens is 212 g/mol. The van der Waals surface area contributed by atoms with Crippen molar-refractivity contribution in [2.75, 3.05) is 0 Å². The van der Waals surface area contributed by atoms with Crippen molar-refractivity contribution in [1.82, 2.24) is 4.98 Å². The van der Waals surface area contributed by atoms with Crippen LogP contribution in [0.25, 0.3) is 0 Å². The largest absolute Gasteiger partial charge is 0.325 e. The van der Waals surface area contributed by atoms with Crippen molar-refractivity contribution in [2.24, 2.45) is 5.73 Å². The minimum atomic E-state index is -2.80. The van der Waals surface area contributed by atoms with Gasteiger partial charge >= 0.3 is 0 Å². The van der Waals surface area contributed by atoms with Crippen LogP contribution in [0.5, 0.6) is 0 Å². The Labute approximate surface area is 84.1 Å². The van der Waals surface area contributed by atoms with Crippen LogP contribution < -0.4 is 5.73 Å². The molecule has 0 aliphatic rings. The monoisotopic (exact) mass is 217 g/mol. The summed E-state index contributed by atoms with van der Waals surface area (Å²) < 4.78 is 25.0. The summed E-state index contributed by atoms with van der Waals surface area (Å²) in [6.07, 6.45) is -1.75. The van der Waals surface area contributed by atoms with Crippen molar-refractivity contribution >= 4 is 11.6 Å². The van der Waals surface area contributed by atoms with Gasteiger partial charge in [0.25, 0.3) is 6.43 Å². The number of alkyl halides is 2. The molecule has 0 radical (unpaired) electrons. The van der Waals surface area contributed by atoms with Crippen LogP contribution in [0, 0.1) is 11.3 Å². The van der Waals surface area contributed by atoms with Gasteiger partial charge in [-0.05, 0) is 0 Å². The van der Waals surface area contributed by atoms with E-state index in [-0.39, 0.29) is 22.8 Å². The van der Waals surface area contributed by atoms with Crippen LogP contribution in [0.4, 0.5) is 8.78 Å². The van der Waals surface area contributed by atoms with Gasteiger partial charge in [-0.3, -0.25) is 4.98 Å². The zero-order valence-corrected chi connectivity index (χ0v) is 7.72. The van der Waals surface area contributed by atoms with E-state index in [1.807, 2.05) is 0 Å². The number of nitrogens with two attached hydrogens (primary N) is 1. The van der Waals surface area contributed by atoms with Crippen LogP contribution in [0.1, 0.15) is 23.2 Å². The highest BCUT2D eigenvalue weighted by atomic mass is 35.5. The molecule has 0 amide bonds. The molecule has 14 heavy (non-hydrogen) atoms. The molecule has 74 valence electrons. The molecule has 0 spiro atoms. The molecule has 6 heteroatoms. The van der Waals surface area contributed by atoms with E-state index >= 15 is 0 Å². The molecule has 1 aromatic rings. The van der Waals surface area contributed by atoms with E-state index in [2.05, 4.69) is 4.98 Å². The minimum Gasteiger partial charge on any atom is -0.325 e. The SMILES string of the molecule is N#Cc1cnc(CN)c(Cl)c1C(F)F. The van der Waals surface area contributed by atoms with Gasteiger partial charge in [-0.15, -0.1) is 0 Å². The Morgan fingerprint density at radius 2 is 2.29 bits per heavy atom. The van der Waals surface area contributed by atoms with Crippen LogP contribution in [0.2, 0.25) is 5.02 Å². The summed E-state index contributed by atoms with van der Waals surface area (Å²) in [5, 5.41) is 8.32. The fraction of sp³-hybridized carbons (Fsp3) is 0.250. The summed E-state index contributed by atoms with van der Waals surface area (Å²) in [6, 6.07) is 1.60. The van der Waals surface area contributed by atoms with Gasteiger partial charge in [-0.1, -0.05) is 11.6 Å². The number of hydrogen-bond donors (Lipinski definition) is 1. The first-order valence-electron chi connectivity index (χ1n) is 3.67. The third-order valence-corrected chi connectivity index (χ3v) is 2.08. The van der Waals surface area contributed by atoms with E-state index in [1.165, 1.54) is 0 Å². The first kappa shape index (κ1) is 10.8. The molecule has 0 fully saturated rings. The number of aromatic nitrogens is 1. The van der Waals surface area contributed by atoms with Crippen LogP contribution >= 0.6 is 11.6 Å². The Bertz CT molecular complexity index is 387. The molecule has 0 aliphatic heterocycles. The molecule has 1 heterocycles. The first-order valence-corrected chi connectivity index (χ1v) is 4.05. The van der Waals surface area contributed by atoms with E-state index in [0.29, 0.717) is 0 Å². The van der Waals surface area contributed by atoms with Gasteiger partial charge < -0.3 is 5.73 Å². The predicted octanol–water partition coefficient (Wildman–Crippen LogP) is 2.00. The number of pyridine rings is 1. The lowest BCUT2D eigenvalue weighted by Crippen LogP contribution is -2.04. The first-order chi connectivity index (χ1) is 6.61. The average Bonchev–Trinajstić information content (AvgIpc) is 2.16. The van der Waals surface area contributed by atoms with Crippen molar-refractivity contribution in [3.05, 3.63) is 28.0 Å². The van der Waals surface area contributed by atoms with Gasteiger partial charge in [-0.25, -0.2) is 8.78 Å². The fourth-order valence-corrected chi connectivity index (χ4v) is 1.30. The predicted molar refractivity (Wildman–Crippen MR) is 46.8 cm³/mol. The van der Waals surface area contributed by atoms with E-state index in [9.17, 15) is 8.78 Å². The van der Waals surface area contributed by atoms with Crippen molar-refractivity contribution in [3.8, 4) is 6.07 Å². The Balaban J connectivity index is 3.41. The Morgan fingerprint density at radius 1 is 1.64 bits per heavy atom. The lowest BCUT2D eigenvalue weighted by atomic mass is 10.1. The molecule has 0 bridgehead atoms. The highest BCUT2D eigenvalue weighted by Gasteiger charge is 2.20. The second kappa shape index (κ2) is 4.31. The normalized spacial score (nSPS) is 10.3. The number of hydrogen-bond acceptors (Lipinski definition) is 3. The van der Waals surface area contributed by atoms with Gasteiger partial charge in [0.15, 0.2) is 0 Å². The molecule has 0 aromatic carbocycles. The summed E-state index contributed by atoms with van der Waals surface area (Å²) in [5.41, 5.74) is 4.69. The summed E-state index contributed by atoms with van der Waals surface area (Å²) >= 11 is 5.61. The Morgan fingerprint density at radius 3 is 2.71 bits per heavy atom. The van der Waals surface area contributed by atoms with Crippen molar-refractivity contribution < 1.29 is 8.78 Å². The van der Waals surface area contributed by atoms with Crippen LogP contribution in [-0.4, -0.2) is 4.98 Å². The molecule has 0 saturated heterocycles. The Hall–Kier alpha value is -1.25. The molecule has 0 aliphatic carbocycles. The number of nitrogens with zero attached hydrogens (tertiary/aromatic N) is 2. The number of nitriles is 1. The minimum absolute atomic E-state index is 0.0374. The smallest absolute Gasteiger partial charge is 0.266 e. The number of rotatable bonds is 2. The highest BCUT2D eigenvalue weighted by molar-refractivity contribution is 6.32. The zero-order valence-electron chi connectivity index (χ0n) is 6.97. The average molecular weight is 218 g/mol. The molecule has 0 saturated carbocycles. The van der Waals surface area contributed by atoms with Gasteiger partial charge in [0.05, 0.1) is 21.8 Å². The molecule has 0 atom stereocenters. The molecule has 2 N–H and O–H groups in total. The molecule has 1 aromatic heterocycles. The van der Waals surface area contributed by atoms with Crippen molar-refractivity contribution in [2.45, 2.75) is 13.0 Å². The summed E-state index contributed by atoms with van der Waals surface area (Å²) in [5.74, 6) is 0. The lowest BCUT2D eigenvalue weighted by Gasteiger charge is -2.07. The van der Waals surface area contributed by atoms with Gasteiger partial charge in [0, 0.05) is 12.7 Å². The highest BCUT2D eigenvalue weighted by Crippen LogP contribution is 2.31. The van der Waals surface area contributed by atoms with Crippen LogP contribution in [-0.2, 0) is 6.54 Å². The molecule has 3 nitrogen and oxygen atoms in total. The van der Waals surface area contributed by atoms with E-state index < -0.39 is 12.0 Å². The quantitative estimate of drug-likeness (QED) is 0.824. The van der Waals surface area contributed by atoms with E-state index in [1.54, 1.807) is 6.07 Å². The van der Waals surface area contributed by atoms with Gasteiger partial charge in [0.2, 0.25) is 0 Å². The van der Waals surface area contributed by atoms with E-state index in [4.69, 9.17) is 22.6 Å². The molecule has 0 unspecified atom stereocenters. The molecular formula is C8H6ClF2N3. The maximum atomic E-state index is 12.5. The second-order valence-corrected chi connectivity index (χ2v) is 2.84. The summed E-state index contributed by atoms with van der Waals surface area (Å²) in [7, 11) is 0. The lowest BCUT2D eigenvalue weighted by molar-refractivity contribution is 0.151. The summed E-state index contributed by atoms with van der Waals surface area (Å²) in [4.78, 5) is 3.70. The topological polar surface area (TPSA) is 62.7 Å². The third-order valence-electron chi connectivity index (χ3n) is 1.66. The maximum absolute atomic E-state index is 12.5. The van der Waals surface area contributed by atoms with Crippen LogP contribution in [0.15, 0.2) is 6.20 Å². The third kappa shape index (κ3) is 1.81. The van der Waals surface area contributed by atoms with Gasteiger partial charge in [-0.2, -0.15) is 5.26 Å². The zero-order chi connectivity index (χ0) is 10.7. The van der Waals surface area contributed by atoms with Crippen LogP contribution in [0.3, 0.4) is 0 Å². The fourth-order valence-electron chi connectivity index (χ4n) is 0.987. The molecule has 1 rings (SSSR count). The standard InChI is InChI=1S/C8H6ClF2N3/c9-7-5(2-13)14-3-4(1-12)6(7)8(10)11/h3,8H,2,13H2. The van der Waals surface area contributed by atoms with Gasteiger partial charge in [0.1, 0.15) is 6.07 Å². The maximum Gasteiger partial charge on any atom is 0.266 e. The Kier molecular flexibility index (Phi) is 3.33. The van der Waals surface area contributed by atoms with Crippen molar-refractivity contribution in [1.29, 1.82) is 5.26 Å².